The van der Waals surface area contributed by atoms with E-state index in [0.29, 0.717) is 29.5 Å². The van der Waals surface area contributed by atoms with Gasteiger partial charge in [-0.15, -0.1) is 10.2 Å². The molecule has 0 fully saturated rings. The average molecular weight is 492 g/mol. The molecule has 0 aliphatic carbocycles. The van der Waals surface area contributed by atoms with Crippen LogP contribution < -0.4 is 5.32 Å². The van der Waals surface area contributed by atoms with Gasteiger partial charge in [-0.25, -0.2) is 0 Å². The van der Waals surface area contributed by atoms with Crippen molar-refractivity contribution in [3.8, 4) is 11.3 Å². The van der Waals surface area contributed by atoms with E-state index in [1.165, 1.54) is 31.7 Å². The molecule has 1 aliphatic heterocycles. The molecule has 194 valence electrons. The summed E-state index contributed by atoms with van der Waals surface area (Å²) in [4.78, 5) is 0. The summed E-state index contributed by atoms with van der Waals surface area (Å²) in [6.07, 6.45) is 7.14. The van der Waals surface area contributed by atoms with Crippen LogP contribution in [0.2, 0.25) is 0 Å². The van der Waals surface area contributed by atoms with Crippen LogP contribution in [0.15, 0.2) is 18.2 Å². The molecule has 2 aromatic rings. The second-order valence-corrected chi connectivity index (χ2v) is 9.58. The van der Waals surface area contributed by atoms with Gasteiger partial charge in [0.15, 0.2) is 5.82 Å². The van der Waals surface area contributed by atoms with E-state index in [4.69, 9.17) is 4.74 Å². The molecule has 0 radical (unpaired) electrons. The monoisotopic (exact) mass is 491 g/mol. The molecule has 7 heteroatoms. The molecule has 0 amide bonds. The fraction of sp³-hybridized carbons (Fsp3) is 0.643. The number of benzene rings is 1. The molecule has 1 aromatic carbocycles. The van der Waals surface area contributed by atoms with Crippen molar-refractivity contribution in [2.45, 2.75) is 110 Å². The number of anilines is 1. The van der Waals surface area contributed by atoms with Crippen LogP contribution in [0.25, 0.3) is 11.3 Å². The largest absolute Gasteiger partial charge is 0.416 e. The number of fused-ring (bicyclic) bond motifs is 3. The predicted octanol–water partition coefficient (Wildman–Crippen LogP) is 8.13. The van der Waals surface area contributed by atoms with Crippen molar-refractivity contribution in [1.82, 2.24) is 10.2 Å². The zero-order valence-corrected chi connectivity index (χ0v) is 21.4. The summed E-state index contributed by atoms with van der Waals surface area (Å²) < 4.78 is 45.9. The lowest BCUT2D eigenvalue weighted by Crippen LogP contribution is -2.22. The topological polar surface area (TPSA) is 47.0 Å². The number of alkyl halides is 3. The van der Waals surface area contributed by atoms with Gasteiger partial charge in [0.1, 0.15) is 0 Å². The molecule has 0 saturated carbocycles. The highest BCUT2D eigenvalue weighted by molar-refractivity contribution is 5.71. The Morgan fingerprint density at radius 3 is 2.54 bits per heavy atom. The molecule has 1 aromatic heterocycles. The van der Waals surface area contributed by atoms with Crippen molar-refractivity contribution in [3.63, 3.8) is 0 Å². The number of aromatic nitrogens is 2. The summed E-state index contributed by atoms with van der Waals surface area (Å²) in [7, 11) is 0. The Kier molecular flexibility index (Phi) is 10.4. The second kappa shape index (κ2) is 13.2. The normalized spacial score (nSPS) is 14.9. The van der Waals surface area contributed by atoms with Gasteiger partial charge >= 0.3 is 6.18 Å². The molecule has 1 aliphatic rings. The number of hydrogen-bond acceptors (Lipinski definition) is 4. The average Bonchev–Trinajstić information content (AvgIpc) is 2.93. The predicted molar refractivity (Wildman–Crippen MR) is 136 cm³/mol. The van der Waals surface area contributed by atoms with Gasteiger partial charge in [-0.05, 0) is 61.8 Å². The SMILES string of the molecule is CCCCCCC(CC)Nc1nnc2c(c1CCCC)CCCOCc1cc(C(F)(F)F)ccc1-2. The van der Waals surface area contributed by atoms with E-state index in [-0.39, 0.29) is 6.61 Å². The summed E-state index contributed by atoms with van der Waals surface area (Å²) in [6, 6.07) is 4.22. The fourth-order valence-electron chi connectivity index (χ4n) is 4.77. The Labute approximate surface area is 208 Å². The number of hydrogen-bond donors (Lipinski definition) is 1. The minimum Gasteiger partial charge on any atom is -0.377 e. The van der Waals surface area contributed by atoms with Crippen LogP contribution in [0.3, 0.4) is 0 Å². The maximum Gasteiger partial charge on any atom is 0.416 e. The van der Waals surface area contributed by atoms with Crippen LogP contribution in [0, 0.1) is 0 Å². The van der Waals surface area contributed by atoms with E-state index in [1.807, 2.05) is 0 Å². The molecule has 0 saturated heterocycles. The molecular weight excluding hydrogens is 451 g/mol. The van der Waals surface area contributed by atoms with Crippen LogP contribution in [0.4, 0.5) is 19.0 Å². The Bertz CT molecular complexity index is 946. The van der Waals surface area contributed by atoms with Crippen molar-refractivity contribution in [2.75, 3.05) is 11.9 Å². The summed E-state index contributed by atoms with van der Waals surface area (Å²) >= 11 is 0. The van der Waals surface area contributed by atoms with Gasteiger partial charge in [-0.1, -0.05) is 58.9 Å². The lowest BCUT2D eigenvalue weighted by molar-refractivity contribution is -0.137. The van der Waals surface area contributed by atoms with E-state index in [0.717, 1.165) is 68.0 Å². The molecule has 2 heterocycles. The Morgan fingerprint density at radius 2 is 1.83 bits per heavy atom. The van der Waals surface area contributed by atoms with E-state index in [9.17, 15) is 13.2 Å². The van der Waals surface area contributed by atoms with Gasteiger partial charge in [0.05, 0.1) is 17.9 Å². The quantitative estimate of drug-likeness (QED) is 0.322. The molecule has 1 atom stereocenters. The van der Waals surface area contributed by atoms with Crippen molar-refractivity contribution in [1.29, 1.82) is 0 Å². The molecule has 1 unspecified atom stereocenters. The maximum absolute atomic E-state index is 13.4. The molecule has 0 spiro atoms. The van der Waals surface area contributed by atoms with Crippen molar-refractivity contribution < 1.29 is 17.9 Å². The summed E-state index contributed by atoms with van der Waals surface area (Å²) in [5, 5.41) is 12.9. The number of rotatable bonds is 11. The van der Waals surface area contributed by atoms with Crippen LogP contribution >= 0.6 is 0 Å². The highest BCUT2D eigenvalue weighted by atomic mass is 19.4. The van der Waals surface area contributed by atoms with Gasteiger partial charge in [0.2, 0.25) is 0 Å². The first-order valence-corrected chi connectivity index (χ1v) is 13.3. The first kappa shape index (κ1) is 27.4. The van der Waals surface area contributed by atoms with Crippen molar-refractivity contribution >= 4 is 5.82 Å². The third-order valence-electron chi connectivity index (χ3n) is 6.87. The molecule has 3 rings (SSSR count). The van der Waals surface area contributed by atoms with Crippen LogP contribution in [0.1, 0.15) is 101 Å². The molecule has 0 bridgehead atoms. The number of nitrogens with zero attached hydrogens (tertiary/aromatic N) is 2. The van der Waals surface area contributed by atoms with Gasteiger partial charge in [-0.3, -0.25) is 0 Å². The van der Waals surface area contributed by atoms with Gasteiger partial charge < -0.3 is 10.1 Å². The lowest BCUT2D eigenvalue weighted by Gasteiger charge is -2.23. The first-order chi connectivity index (χ1) is 16.9. The van der Waals surface area contributed by atoms with Crippen LogP contribution in [0.5, 0.6) is 0 Å². The molecule has 4 nitrogen and oxygen atoms in total. The minimum atomic E-state index is -4.39. The van der Waals surface area contributed by atoms with Crippen molar-refractivity contribution in [2.24, 2.45) is 0 Å². The number of nitrogens with one attached hydrogen (secondary N) is 1. The Hall–Kier alpha value is -2.15. The molecular formula is C28H40F3N3O. The lowest BCUT2D eigenvalue weighted by atomic mass is 9.92. The number of unbranched alkanes of at least 4 members (excludes halogenated alkanes) is 4. The standard InChI is InChI=1S/C28H40F3N3O/c1-4-7-9-10-12-22(6-3)32-27-25(13-8-5-2)24-14-11-17-35-19-20-18-21(28(29,30)31)15-16-23(20)26(24)33-34-27/h15-16,18,22H,4-14,17,19H2,1-3H3,(H,32,34). The third-order valence-corrected chi connectivity index (χ3v) is 6.87. The van der Waals surface area contributed by atoms with E-state index >= 15 is 0 Å². The smallest absolute Gasteiger partial charge is 0.377 e. The highest BCUT2D eigenvalue weighted by Gasteiger charge is 2.32. The van der Waals surface area contributed by atoms with Crippen molar-refractivity contribution in [3.05, 3.63) is 40.5 Å². The van der Waals surface area contributed by atoms with E-state index in [2.05, 4.69) is 36.3 Å². The summed E-state index contributed by atoms with van der Waals surface area (Å²) in [5.74, 6) is 0.841. The first-order valence-electron chi connectivity index (χ1n) is 13.3. The maximum atomic E-state index is 13.4. The van der Waals surface area contributed by atoms with E-state index in [1.54, 1.807) is 6.07 Å². The Balaban J connectivity index is 2.01. The van der Waals surface area contributed by atoms with Gasteiger partial charge in [0.25, 0.3) is 0 Å². The molecule has 35 heavy (non-hydrogen) atoms. The van der Waals surface area contributed by atoms with Gasteiger partial charge in [0, 0.05) is 23.8 Å². The number of ether oxygens (including phenoxy) is 1. The third kappa shape index (κ3) is 7.42. The zero-order chi connectivity index (χ0) is 25.3. The summed E-state index contributed by atoms with van der Waals surface area (Å²) in [6.45, 7) is 7.22. The molecule has 1 N–H and O–H groups in total. The Morgan fingerprint density at radius 1 is 1.03 bits per heavy atom. The second-order valence-electron chi connectivity index (χ2n) is 9.58. The number of halogens is 3. The minimum absolute atomic E-state index is 0.139. The van der Waals surface area contributed by atoms with E-state index < -0.39 is 11.7 Å². The zero-order valence-electron chi connectivity index (χ0n) is 21.4. The van der Waals surface area contributed by atoms with Crippen LogP contribution in [-0.4, -0.2) is 22.8 Å². The fourth-order valence-corrected chi connectivity index (χ4v) is 4.77. The van der Waals surface area contributed by atoms with Gasteiger partial charge in [-0.2, -0.15) is 13.2 Å². The highest BCUT2D eigenvalue weighted by Crippen LogP contribution is 2.37. The van der Waals surface area contributed by atoms with Crippen LogP contribution in [-0.2, 0) is 30.4 Å². The summed E-state index contributed by atoms with van der Waals surface area (Å²) in [5.41, 5.74) is 3.51.